The van der Waals surface area contributed by atoms with Gasteiger partial charge in [0.05, 0.1) is 16.0 Å². The monoisotopic (exact) mass is 406 g/mol. The summed E-state index contributed by atoms with van der Waals surface area (Å²) in [5.41, 5.74) is 0.851. The molecule has 10 heteroatoms. The lowest BCUT2D eigenvalue weighted by atomic mass is 10.2. The molecule has 0 bridgehead atoms. The van der Waals surface area contributed by atoms with Gasteiger partial charge in [0.15, 0.2) is 0 Å². The van der Waals surface area contributed by atoms with E-state index in [0.29, 0.717) is 33.2 Å². The van der Waals surface area contributed by atoms with E-state index in [9.17, 15) is 10.4 Å². The summed E-state index contributed by atoms with van der Waals surface area (Å²) in [5, 5.41) is 33.1. The molecule has 0 aliphatic carbocycles. The molecular formula is C16H15ClN6OS2. The Hall–Kier alpha value is -2.15. The number of aliphatic hydroxyl groups excluding tert-OH is 1. The summed E-state index contributed by atoms with van der Waals surface area (Å²) in [7, 11) is 0. The topological polar surface area (TPSA) is 101 Å². The van der Waals surface area contributed by atoms with Crippen molar-refractivity contribution in [2.45, 2.75) is 25.5 Å². The molecule has 1 aromatic carbocycles. The third-order valence-corrected chi connectivity index (χ3v) is 5.60. The molecule has 3 rings (SSSR count). The average Bonchev–Trinajstić information content (AvgIpc) is 3.19. The van der Waals surface area contributed by atoms with Crippen molar-refractivity contribution in [2.75, 3.05) is 5.75 Å². The van der Waals surface area contributed by atoms with Gasteiger partial charge in [0.25, 0.3) is 0 Å². The summed E-state index contributed by atoms with van der Waals surface area (Å²) in [6, 6.07) is 7.39. The van der Waals surface area contributed by atoms with Gasteiger partial charge in [0.2, 0.25) is 5.16 Å². The van der Waals surface area contributed by atoms with Crippen LogP contribution in [0.15, 0.2) is 29.1 Å². The van der Waals surface area contributed by atoms with Crippen molar-refractivity contribution >= 4 is 50.5 Å². The lowest BCUT2D eigenvalue weighted by molar-refractivity contribution is 0.420. The molecule has 2 aromatic heterocycles. The van der Waals surface area contributed by atoms with Crippen LogP contribution in [-0.4, -0.2) is 36.1 Å². The van der Waals surface area contributed by atoms with Crippen LogP contribution in [0.4, 0.5) is 0 Å². The SMILES string of the molecule is CC(C)Cn1nnnc1SC/C(O)=C(\C#N)c1nc2cc(Cl)ccc2s1. The maximum atomic E-state index is 10.4. The van der Waals surface area contributed by atoms with E-state index in [0.717, 1.165) is 4.70 Å². The molecule has 3 aromatic rings. The number of halogens is 1. The van der Waals surface area contributed by atoms with Crippen molar-refractivity contribution in [3.8, 4) is 6.07 Å². The van der Waals surface area contributed by atoms with Crippen LogP contribution in [-0.2, 0) is 6.54 Å². The third-order valence-electron chi connectivity index (χ3n) is 3.34. The Bertz CT molecular complexity index is 1000. The molecule has 2 heterocycles. The molecule has 0 atom stereocenters. The molecule has 26 heavy (non-hydrogen) atoms. The van der Waals surface area contributed by atoms with Gasteiger partial charge in [-0.15, -0.1) is 16.4 Å². The minimum atomic E-state index is -0.0539. The Balaban J connectivity index is 1.82. The fraction of sp³-hybridized carbons (Fsp3) is 0.312. The van der Waals surface area contributed by atoms with Crippen molar-refractivity contribution in [3.63, 3.8) is 0 Å². The Labute approximate surface area is 163 Å². The molecule has 1 N–H and O–H groups in total. The van der Waals surface area contributed by atoms with Crippen molar-refractivity contribution in [3.05, 3.63) is 34.0 Å². The molecular weight excluding hydrogens is 392 g/mol. The lowest BCUT2D eigenvalue weighted by Gasteiger charge is -2.06. The van der Waals surface area contributed by atoms with E-state index in [1.165, 1.54) is 23.1 Å². The zero-order valence-corrected chi connectivity index (χ0v) is 16.4. The van der Waals surface area contributed by atoms with Gasteiger partial charge in [0, 0.05) is 11.6 Å². The standard InChI is InChI=1S/C16H15ClN6OS2/c1-9(2)7-23-16(20-21-22-23)25-8-13(24)11(6-18)15-19-12-5-10(17)3-4-14(12)26-15/h3-5,9,24H,7-8H2,1-2H3/b13-11-. The first kappa shape index (κ1) is 18.6. The highest BCUT2D eigenvalue weighted by atomic mass is 35.5. The minimum absolute atomic E-state index is 0.0539. The highest BCUT2D eigenvalue weighted by Crippen LogP contribution is 2.31. The summed E-state index contributed by atoms with van der Waals surface area (Å²) in [4.78, 5) is 4.41. The zero-order valence-electron chi connectivity index (χ0n) is 14.0. The maximum absolute atomic E-state index is 10.4. The van der Waals surface area contributed by atoms with Crippen molar-refractivity contribution in [1.29, 1.82) is 5.26 Å². The number of thioether (sulfide) groups is 1. The van der Waals surface area contributed by atoms with Crippen LogP contribution >= 0.6 is 34.7 Å². The molecule has 0 aliphatic rings. The molecule has 0 saturated heterocycles. The molecule has 0 radical (unpaired) electrons. The number of nitrogens with zero attached hydrogens (tertiary/aromatic N) is 6. The van der Waals surface area contributed by atoms with Gasteiger partial charge in [-0.2, -0.15) is 5.26 Å². The summed E-state index contributed by atoms with van der Waals surface area (Å²) >= 11 is 8.59. The molecule has 7 nitrogen and oxygen atoms in total. The smallest absolute Gasteiger partial charge is 0.209 e. The second-order valence-corrected chi connectivity index (χ2v) is 8.30. The van der Waals surface area contributed by atoms with Gasteiger partial charge < -0.3 is 5.11 Å². The highest BCUT2D eigenvalue weighted by molar-refractivity contribution is 7.99. The second kappa shape index (κ2) is 8.03. The van der Waals surface area contributed by atoms with Gasteiger partial charge in [-0.1, -0.05) is 37.2 Å². The number of benzene rings is 1. The fourth-order valence-corrected chi connectivity index (χ4v) is 4.10. The van der Waals surface area contributed by atoms with E-state index in [1.807, 2.05) is 12.1 Å². The number of rotatable bonds is 6. The number of aromatic nitrogens is 5. The highest BCUT2D eigenvalue weighted by Gasteiger charge is 2.16. The van der Waals surface area contributed by atoms with E-state index in [4.69, 9.17) is 11.6 Å². The molecule has 0 unspecified atom stereocenters. The Kier molecular flexibility index (Phi) is 5.76. The van der Waals surface area contributed by atoms with Gasteiger partial charge >= 0.3 is 0 Å². The number of thiazole rings is 1. The van der Waals surface area contributed by atoms with Gasteiger partial charge in [-0.25, -0.2) is 9.67 Å². The maximum Gasteiger partial charge on any atom is 0.209 e. The number of tetrazole rings is 1. The Morgan fingerprint density at radius 2 is 2.27 bits per heavy atom. The Morgan fingerprint density at radius 1 is 1.46 bits per heavy atom. The first-order valence-corrected chi connectivity index (χ1v) is 9.93. The van der Waals surface area contributed by atoms with E-state index in [2.05, 4.69) is 34.4 Å². The van der Waals surface area contributed by atoms with E-state index < -0.39 is 0 Å². The molecule has 0 aliphatic heterocycles. The quantitative estimate of drug-likeness (QED) is 0.372. The molecule has 0 amide bonds. The van der Waals surface area contributed by atoms with E-state index >= 15 is 0 Å². The lowest BCUT2D eigenvalue weighted by Crippen LogP contribution is -2.08. The number of hydrogen-bond acceptors (Lipinski definition) is 8. The predicted molar refractivity (Wildman–Crippen MR) is 103 cm³/mol. The first-order valence-electron chi connectivity index (χ1n) is 7.75. The van der Waals surface area contributed by atoms with Crippen LogP contribution < -0.4 is 0 Å². The second-order valence-electron chi connectivity index (χ2n) is 5.89. The normalized spacial score (nSPS) is 12.4. The van der Waals surface area contributed by atoms with Crippen LogP contribution in [0.5, 0.6) is 0 Å². The molecule has 134 valence electrons. The molecule has 0 spiro atoms. The molecule has 0 saturated carbocycles. The zero-order chi connectivity index (χ0) is 18.7. The van der Waals surface area contributed by atoms with E-state index in [-0.39, 0.29) is 17.1 Å². The van der Waals surface area contributed by atoms with Gasteiger partial charge in [-0.3, -0.25) is 0 Å². The third kappa shape index (κ3) is 4.15. The van der Waals surface area contributed by atoms with Crippen molar-refractivity contribution in [2.24, 2.45) is 5.92 Å². The van der Waals surface area contributed by atoms with Crippen LogP contribution in [0.1, 0.15) is 18.9 Å². The number of allylic oxidation sites excluding steroid dienone is 1. The van der Waals surface area contributed by atoms with E-state index in [1.54, 1.807) is 16.8 Å². The molecule has 0 fully saturated rings. The largest absolute Gasteiger partial charge is 0.510 e. The average molecular weight is 407 g/mol. The van der Waals surface area contributed by atoms with Gasteiger partial charge in [-0.05, 0) is 34.5 Å². The number of aliphatic hydroxyl groups is 1. The summed E-state index contributed by atoms with van der Waals surface area (Å²) < 4.78 is 2.59. The number of nitriles is 1. The van der Waals surface area contributed by atoms with Crippen LogP contribution in [0.3, 0.4) is 0 Å². The van der Waals surface area contributed by atoms with Crippen molar-refractivity contribution in [1.82, 2.24) is 25.2 Å². The summed E-state index contributed by atoms with van der Waals surface area (Å²) in [6.45, 7) is 4.82. The number of hydrogen-bond donors (Lipinski definition) is 1. The van der Waals surface area contributed by atoms with Crippen LogP contribution in [0.25, 0.3) is 15.8 Å². The minimum Gasteiger partial charge on any atom is -0.510 e. The fourth-order valence-electron chi connectivity index (χ4n) is 2.21. The van der Waals surface area contributed by atoms with Gasteiger partial charge in [0.1, 0.15) is 22.4 Å². The number of fused-ring (bicyclic) bond motifs is 1. The first-order chi connectivity index (χ1) is 12.5. The van der Waals surface area contributed by atoms with Crippen molar-refractivity contribution < 1.29 is 5.11 Å². The summed E-state index contributed by atoms with van der Waals surface area (Å²) in [5.74, 6) is 0.519. The van der Waals surface area contributed by atoms with Crippen LogP contribution in [0.2, 0.25) is 5.02 Å². The predicted octanol–water partition coefficient (Wildman–Crippen LogP) is 4.18. The Morgan fingerprint density at radius 3 is 3.00 bits per heavy atom. The summed E-state index contributed by atoms with van der Waals surface area (Å²) in [6.07, 6.45) is 0. The van der Waals surface area contributed by atoms with Crippen LogP contribution in [0, 0.1) is 17.2 Å².